The van der Waals surface area contributed by atoms with Gasteiger partial charge in [-0.05, 0) is 56.1 Å². The number of ether oxygens (including phenoxy) is 1. The van der Waals surface area contributed by atoms with Crippen LogP contribution in [-0.2, 0) is 6.42 Å². The lowest BCUT2D eigenvalue weighted by Gasteiger charge is -2.03. The number of hydrogen-bond acceptors (Lipinski definition) is 3. The summed E-state index contributed by atoms with van der Waals surface area (Å²) in [6.45, 7) is 3.45. The van der Waals surface area contributed by atoms with Crippen molar-refractivity contribution < 1.29 is 4.74 Å². The van der Waals surface area contributed by atoms with Crippen molar-refractivity contribution in [3.63, 3.8) is 0 Å². The molecule has 0 saturated carbocycles. The van der Waals surface area contributed by atoms with Gasteiger partial charge in [0.25, 0.3) is 0 Å². The van der Waals surface area contributed by atoms with E-state index < -0.39 is 0 Å². The Morgan fingerprint density at radius 2 is 1.95 bits per heavy atom. The zero-order valence-electron chi connectivity index (χ0n) is 12.1. The number of benzene rings is 1. The number of imidazole rings is 1. The van der Waals surface area contributed by atoms with Crippen LogP contribution < -0.4 is 10.5 Å². The van der Waals surface area contributed by atoms with Crippen molar-refractivity contribution in [2.24, 2.45) is 5.73 Å². The number of nitrogens with one attached hydrogen (secondary N) is 1. The van der Waals surface area contributed by atoms with E-state index in [0.29, 0.717) is 6.61 Å². The molecule has 4 heteroatoms. The molecule has 0 radical (unpaired) electrons. The van der Waals surface area contributed by atoms with Gasteiger partial charge in [0.2, 0.25) is 0 Å². The van der Waals surface area contributed by atoms with Crippen LogP contribution in [0.15, 0.2) is 30.5 Å². The fourth-order valence-corrected chi connectivity index (χ4v) is 2.15. The lowest BCUT2D eigenvalue weighted by atomic mass is 10.1. The molecule has 108 valence electrons. The van der Waals surface area contributed by atoms with Gasteiger partial charge < -0.3 is 15.5 Å². The summed E-state index contributed by atoms with van der Waals surface area (Å²) in [6.07, 6.45) is 6.26. The zero-order valence-corrected chi connectivity index (χ0v) is 12.1. The SMILES string of the molecule is CCOc1ccc(-c2cnc(CCCCCN)[nH]2)cc1. The van der Waals surface area contributed by atoms with Crippen molar-refractivity contribution in [3.05, 3.63) is 36.3 Å². The number of aromatic nitrogens is 2. The number of aryl methyl sites for hydroxylation is 1. The van der Waals surface area contributed by atoms with Crippen LogP contribution in [-0.4, -0.2) is 23.1 Å². The maximum Gasteiger partial charge on any atom is 0.119 e. The number of unbranched alkanes of at least 4 members (excludes halogenated alkanes) is 2. The smallest absolute Gasteiger partial charge is 0.119 e. The molecule has 1 aromatic carbocycles. The number of rotatable bonds is 8. The first-order valence-corrected chi connectivity index (χ1v) is 7.30. The van der Waals surface area contributed by atoms with E-state index in [0.717, 1.165) is 55.1 Å². The monoisotopic (exact) mass is 273 g/mol. The second kappa shape index (κ2) is 7.70. The molecule has 1 heterocycles. The summed E-state index contributed by atoms with van der Waals surface area (Å²) in [7, 11) is 0. The predicted molar refractivity (Wildman–Crippen MR) is 81.8 cm³/mol. The first-order chi connectivity index (χ1) is 9.83. The molecular weight excluding hydrogens is 250 g/mol. The van der Waals surface area contributed by atoms with Crippen LogP contribution in [0.4, 0.5) is 0 Å². The number of H-pyrrole nitrogens is 1. The van der Waals surface area contributed by atoms with E-state index in [2.05, 4.69) is 22.1 Å². The molecule has 0 aliphatic carbocycles. The van der Waals surface area contributed by atoms with Crippen molar-refractivity contribution in [1.82, 2.24) is 9.97 Å². The third-order valence-corrected chi connectivity index (χ3v) is 3.22. The van der Waals surface area contributed by atoms with Crippen LogP contribution in [0, 0.1) is 0 Å². The Bertz CT molecular complexity index is 505. The van der Waals surface area contributed by atoms with Gasteiger partial charge in [0.05, 0.1) is 18.5 Å². The number of hydrogen-bond donors (Lipinski definition) is 2. The summed E-state index contributed by atoms with van der Waals surface area (Å²) in [6, 6.07) is 8.08. The van der Waals surface area contributed by atoms with Gasteiger partial charge in [-0.15, -0.1) is 0 Å². The van der Waals surface area contributed by atoms with Crippen LogP contribution in [0.2, 0.25) is 0 Å². The molecular formula is C16H23N3O. The average molecular weight is 273 g/mol. The van der Waals surface area contributed by atoms with E-state index >= 15 is 0 Å². The molecule has 0 aliphatic rings. The van der Waals surface area contributed by atoms with Crippen molar-refractivity contribution in [3.8, 4) is 17.0 Å². The van der Waals surface area contributed by atoms with Crippen LogP contribution in [0.1, 0.15) is 32.0 Å². The average Bonchev–Trinajstić information content (AvgIpc) is 2.94. The van der Waals surface area contributed by atoms with Gasteiger partial charge in [0, 0.05) is 6.42 Å². The molecule has 1 aromatic heterocycles. The Labute approximate surface area is 120 Å². The van der Waals surface area contributed by atoms with E-state index in [1.54, 1.807) is 0 Å². The topological polar surface area (TPSA) is 63.9 Å². The van der Waals surface area contributed by atoms with Gasteiger partial charge in [-0.25, -0.2) is 4.98 Å². The van der Waals surface area contributed by atoms with E-state index in [-0.39, 0.29) is 0 Å². The van der Waals surface area contributed by atoms with E-state index in [1.165, 1.54) is 0 Å². The third-order valence-electron chi connectivity index (χ3n) is 3.22. The van der Waals surface area contributed by atoms with Crippen LogP contribution in [0.25, 0.3) is 11.3 Å². The molecule has 3 N–H and O–H groups in total. The zero-order chi connectivity index (χ0) is 14.2. The van der Waals surface area contributed by atoms with Crippen LogP contribution in [0.3, 0.4) is 0 Å². The Morgan fingerprint density at radius 3 is 2.65 bits per heavy atom. The molecule has 0 amide bonds. The lowest BCUT2D eigenvalue weighted by Crippen LogP contribution is -1.98. The maximum absolute atomic E-state index is 5.49. The standard InChI is InChI=1S/C16H23N3O/c1-2-20-14-9-7-13(8-10-14)15-12-18-16(19-15)6-4-3-5-11-17/h7-10,12H,2-6,11,17H2,1H3,(H,18,19). The van der Waals surface area contributed by atoms with Gasteiger partial charge in [0.15, 0.2) is 0 Å². The molecule has 4 nitrogen and oxygen atoms in total. The highest BCUT2D eigenvalue weighted by Crippen LogP contribution is 2.21. The van der Waals surface area contributed by atoms with Gasteiger partial charge >= 0.3 is 0 Å². The van der Waals surface area contributed by atoms with Gasteiger partial charge in [-0.2, -0.15) is 0 Å². The fraction of sp³-hybridized carbons (Fsp3) is 0.438. The molecule has 0 saturated heterocycles. The minimum absolute atomic E-state index is 0.691. The Kier molecular flexibility index (Phi) is 5.62. The van der Waals surface area contributed by atoms with Gasteiger partial charge in [-0.1, -0.05) is 6.42 Å². The second-order valence-corrected chi connectivity index (χ2v) is 4.80. The first kappa shape index (κ1) is 14.6. The fourth-order valence-electron chi connectivity index (χ4n) is 2.15. The van der Waals surface area contributed by atoms with Crippen molar-refractivity contribution in [2.45, 2.75) is 32.6 Å². The molecule has 2 rings (SSSR count). The molecule has 0 unspecified atom stereocenters. The van der Waals surface area contributed by atoms with E-state index in [4.69, 9.17) is 10.5 Å². The van der Waals surface area contributed by atoms with Gasteiger partial charge in [0.1, 0.15) is 11.6 Å². The van der Waals surface area contributed by atoms with E-state index in [9.17, 15) is 0 Å². The van der Waals surface area contributed by atoms with Crippen LogP contribution >= 0.6 is 0 Å². The minimum Gasteiger partial charge on any atom is -0.494 e. The second-order valence-electron chi connectivity index (χ2n) is 4.80. The molecule has 0 atom stereocenters. The number of aromatic amines is 1. The van der Waals surface area contributed by atoms with Gasteiger partial charge in [-0.3, -0.25) is 0 Å². The van der Waals surface area contributed by atoms with Crippen LogP contribution in [0.5, 0.6) is 5.75 Å². The first-order valence-electron chi connectivity index (χ1n) is 7.30. The van der Waals surface area contributed by atoms with Crippen molar-refractivity contribution in [1.29, 1.82) is 0 Å². The third kappa shape index (κ3) is 4.10. The number of nitrogens with zero attached hydrogens (tertiary/aromatic N) is 1. The molecule has 0 fully saturated rings. The molecule has 0 spiro atoms. The van der Waals surface area contributed by atoms with Crippen molar-refractivity contribution in [2.75, 3.05) is 13.2 Å². The Balaban J connectivity index is 1.93. The quantitative estimate of drug-likeness (QED) is 0.726. The van der Waals surface area contributed by atoms with E-state index in [1.807, 2.05) is 25.3 Å². The predicted octanol–water partition coefficient (Wildman–Crippen LogP) is 3.15. The Morgan fingerprint density at radius 1 is 1.15 bits per heavy atom. The lowest BCUT2D eigenvalue weighted by molar-refractivity contribution is 0.340. The molecule has 20 heavy (non-hydrogen) atoms. The summed E-state index contributed by atoms with van der Waals surface area (Å²) < 4.78 is 5.44. The summed E-state index contributed by atoms with van der Waals surface area (Å²) in [5, 5.41) is 0. The normalized spacial score (nSPS) is 10.7. The number of nitrogens with two attached hydrogens (primary N) is 1. The summed E-state index contributed by atoms with van der Waals surface area (Å²) in [4.78, 5) is 7.81. The van der Waals surface area contributed by atoms with Crippen molar-refractivity contribution >= 4 is 0 Å². The summed E-state index contributed by atoms with van der Waals surface area (Å²) >= 11 is 0. The Hall–Kier alpha value is -1.81. The molecule has 0 aliphatic heterocycles. The summed E-state index contributed by atoms with van der Waals surface area (Å²) in [5.74, 6) is 1.95. The highest BCUT2D eigenvalue weighted by Gasteiger charge is 2.03. The highest BCUT2D eigenvalue weighted by atomic mass is 16.5. The molecule has 0 bridgehead atoms. The highest BCUT2D eigenvalue weighted by molar-refractivity contribution is 5.59. The minimum atomic E-state index is 0.691. The summed E-state index contributed by atoms with van der Waals surface area (Å²) in [5.41, 5.74) is 7.68. The maximum atomic E-state index is 5.49. The molecule has 2 aromatic rings. The largest absolute Gasteiger partial charge is 0.494 e.